The molecule has 3 aliphatic rings. The van der Waals surface area contributed by atoms with Crippen LogP contribution in [0.1, 0.15) is 25.0 Å². The van der Waals surface area contributed by atoms with Crippen LogP contribution in [0.4, 0.5) is 5.95 Å². The van der Waals surface area contributed by atoms with Crippen molar-refractivity contribution in [2.75, 3.05) is 57.4 Å². The van der Waals surface area contributed by atoms with Crippen molar-refractivity contribution in [1.29, 1.82) is 0 Å². The quantitative estimate of drug-likeness (QED) is 0.828. The van der Waals surface area contributed by atoms with Gasteiger partial charge in [-0.1, -0.05) is 6.42 Å². The Labute approximate surface area is 138 Å². The van der Waals surface area contributed by atoms with Crippen LogP contribution in [0.2, 0.25) is 0 Å². The molecule has 0 radical (unpaired) electrons. The molecule has 4 heterocycles. The molecule has 23 heavy (non-hydrogen) atoms. The lowest BCUT2D eigenvalue weighted by Crippen LogP contribution is -2.54. The van der Waals surface area contributed by atoms with Crippen LogP contribution in [-0.4, -0.2) is 78.3 Å². The van der Waals surface area contributed by atoms with Gasteiger partial charge in [0, 0.05) is 51.5 Å². The van der Waals surface area contributed by atoms with Crippen LogP contribution in [0.15, 0.2) is 12.3 Å². The molecular weight excluding hydrogens is 290 g/mol. The third kappa shape index (κ3) is 3.65. The summed E-state index contributed by atoms with van der Waals surface area (Å²) in [7, 11) is 0. The second-order valence-corrected chi connectivity index (χ2v) is 6.87. The smallest absolute Gasteiger partial charge is 0.225 e. The summed E-state index contributed by atoms with van der Waals surface area (Å²) in [6, 6.07) is 2.83. The fraction of sp³-hybridized carbons (Fsp3) is 0.765. The standard InChI is InChI=1S/C17H27N5O/c1-2-6-21-8-7-20(14-16(21)3-1)13-15-4-5-18-17(19-15)22-9-11-23-12-10-22/h4-5,16H,1-3,6-14H2/t16-/m1/s1. The first kappa shape index (κ1) is 15.3. The highest BCUT2D eigenvalue weighted by atomic mass is 16.5. The van der Waals surface area contributed by atoms with Crippen molar-refractivity contribution in [3.8, 4) is 0 Å². The van der Waals surface area contributed by atoms with Crippen LogP contribution in [0.5, 0.6) is 0 Å². The van der Waals surface area contributed by atoms with Gasteiger partial charge < -0.3 is 9.64 Å². The summed E-state index contributed by atoms with van der Waals surface area (Å²) < 4.78 is 5.41. The maximum absolute atomic E-state index is 5.41. The van der Waals surface area contributed by atoms with Crippen LogP contribution in [0, 0.1) is 0 Å². The molecule has 0 N–H and O–H groups in total. The van der Waals surface area contributed by atoms with Crippen LogP contribution < -0.4 is 4.90 Å². The number of piperazine rings is 1. The second kappa shape index (κ2) is 7.11. The molecule has 1 aromatic heterocycles. The van der Waals surface area contributed by atoms with E-state index in [1.807, 2.05) is 6.20 Å². The number of ether oxygens (including phenoxy) is 1. The first-order chi connectivity index (χ1) is 11.4. The van der Waals surface area contributed by atoms with E-state index in [1.54, 1.807) is 0 Å². The summed E-state index contributed by atoms with van der Waals surface area (Å²) in [4.78, 5) is 16.7. The second-order valence-electron chi connectivity index (χ2n) is 6.87. The molecule has 3 aliphatic heterocycles. The third-order valence-corrected chi connectivity index (χ3v) is 5.30. The van der Waals surface area contributed by atoms with E-state index in [9.17, 15) is 0 Å². The van der Waals surface area contributed by atoms with Gasteiger partial charge in [-0.25, -0.2) is 9.97 Å². The fourth-order valence-corrected chi connectivity index (χ4v) is 3.98. The number of aromatic nitrogens is 2. The number of fused-ring (bicyclic) bond motifs is 1. The predicted octanol–water partition coefficient (Wildman–Crippen LogP) is 0.983. The zero-order valence-electron chi connectivity index (χ0n) is 13.9. The van der Waals surface area contributed by atoms with Gasteiger partial charge in [0.15, 0.2) is 0 Å². The largest absolute Gasteiger partial charge is 0.378 e. The van der Waals surface area contributed by atoms with Crippen molar-refractivity contribution in [2.24, 2.45) is 0 Å². The lowest BCUT2D eigenvalue weighted by molar-refractivity contribution is 0.0451. The van der Waals surface area contributed by atoms with E-state index in [0.717, 1.165) is 57.1 Å². The summed E-state index contributed by atoms with van der Waals surface area (Å²) in [5, 5.41) is 0. The summed E-state index contributed by atoms with van der Waals surface area (Å²) in [5.41, 5.74) is 1.14. The van der Waals surface area contributed by atoms with Gasteiger partial charge in [-0.05, 0) is 25.5 Å². The number of piperidine rings is 1. The highest BCUT2D eigenvalue weighted by molar-refractivity contribution is 5.30. The van der Waals surface area contributed by atoms with Crippen LogP contribution >= 0.6 is 0 Å². The average Bonchev–Trinajstić information content (AvgIpc) is 2.63. The van der Waals surface area contributed by atoms with E-state index in [2.05, 4.69) is 25.8 Å². The molecule has 126 valence electrons. The third-order valence-electron chi connectivity index (χ3n) is 5.30. The fourth-order valence-electron chi connectivity index (χ4n) is 3.98. The first-order valence-corrected chi connectivity index (χ1v) is 8.99. The molecule has 0 bridgehead atoms. The summed E-state index contributed by atoms with van der Waals surface area (Å²) in [6.45, 7) is 9.15. The predicted molar refractivity (Wildman–Crippen MR) is 89.6 cm³/mol. The molecule has 0 aliphatic carbocycles. The Morgan fingerprint density at radius 3 is 2.91 bits per heavy atom. The van der Waals surface area contributed by atoms with Gasteiger partial charge >= 0.3 is 0 Å². The lowest BCUT2D eigenvalue weighted by atomic mass is 9.99. The molecule has 3 fully saturated rings. The molecule has 4 rings (SSSR count). The molecule has 6 nitrogen and oxygen atoms in total. The van der Waals surface area contributed by atoms with Crippen LogP contribution in [0.3, 0.4) is 0 Å². The number of morpholine rings is 1. The number of rotatable bonds is 3. The van der Waals surface area contributed by atoms with Gasteiger partial charge in [0.1, 0.15) is 0 Å². The highest BCUT2D eigenvalue weighted by Crippen LogP contribution is 2.22. The Morgan fingerprint density at radius 2 is 2.00 bits per heavy atom. The van der Waals surface area contributed by atoms with Crippen molar-refractivity contribution in [2.45, 2.75) is 31.8 Å². The lowest BCUT2D eigenvalue weighted by Gasteiger charge is -2.44. The molecule has 0 amide bonds. The summed E-state index contributed by atoms with van der Waals surface area (Å²) in [6.07, 6.45) is 6.04. The topological polar surface area (TPSA) is 44.7 Å². The van der Waals surface area contributed by atoms with Crippen molar-refractivity contribution >= 4 is 5.95 Å². The van der Waals surface area contributed by atoms with E-state index < -0.39 is 0 Å². The average molecular weight is 317 g/mol. The summed E-state index contributed by atoms with van der Waals surface area (Å²) >= 11 is 0. The zero-order chi connectivity index (χ0) is 15.5. The Bertz CT molecular complexity index is 519. The van der Waals surface area contributed by atoms with Gasteiger partial charge in [0.05, 0.1) is 18.9 Å². The zero-order valence-corrected chi connectivity index (χ0v) is 13.9. The van der Waals surface area contributed by atoms with Gasteiger partial charge in [0.2, 0.25) is 5.95 Å². The molecule has 1 atom stereocenters. The van der Waals surface area contributed by atoms with E-state index in [0.29, 0.717) is 0 Å². The van der Waals surface area contributed by atoms with E-state index in [1.165, 1.54) is 38.9 Å². The number of anilines is 1. The van der Waals surface area contributed by atoms with Crippen molar-refractivity contribution in [1.82, 2.24) is 19.8 Å². The minimum atomic E-state index is 0.762. The summed E-state index contributed by atoms with van der Waals surface area (Å²) in [5.74, 6) is 0.863. The Balaban J connectivity index is 1.38. The van der Waals surface area contributed by atoms with Crippen LogP contribution in [0.25, 0.3) is 0 Å². The minimum Gasteiger partial charge on any atom is -0.378 e. The molecule has 0 unspecified atom stereocenters. The van der Waals surface area contributed by atoms with Crippen molar-refractivity contribution in [3.63, 3.8) is 0 Å². The van der Waals surface area contributed by atoms with Gasteiger partial charge in [-0.2, -0.15) is 0 Å². The Hall–Kier alpha value is -1.24. The molecule has 6 heteroatoms. The van der Waals surface area contributed by atoms with Gasteiger partial charge in [-0.3, -0.25) is 9.80 Å². The molecular formula is C17H27N5O. The number of hydrogen-bond acceptors (Lipinski definition) is 6. The van der Waals surface area contributed by atoms with E-state index in [4.69, 9.17) is 9.72 Å². The molecule has 0 saturated carbocycles. The van der Waals surface area contributed by atoms with Crippen molar-refractivity contribution in [3.05, 3.63) is 18.0 Å². The molecule has 3 saturated heterocycles. The van der Waals surface area contributed by atoms with Crippen molar-refractivity contribution < 1.29 is 4.74 Å². The number of nitrogens with zero attached hydrogens (tertiary/aromatic N) is 5. The first-order valence-electron chi connectivity index (χ1n) is 8.99. The van der Waals surface area contributed by atoms with E-state index >= 15 is 0 Å². The van der Waals surface area contributed by atoms with Gasteiger partial charge in [0.25, 0.3) is 0 Å². The molecule has 0 aromatic carbocycles. The monoisotopic (exact) mass is 317 g/mol. The van der Waals surface area contributed by atoms with E-state index in [-0.39, 0.29) is 0 Å². The van der Waals surface area contributed by atoms with Gasteiger partial charge in [-0.15, -0.1) is 0 Å². The van der Waals surface area contributed by atoms with Crippen LogP contribution in [-0.2, 0) is 11.3 Å². The maximum Gasteiger partial charge on any atom is 0.225 e. The Morgan fingerprint density at radius 1 is 1.09 bits per heavy atom. The number of hydrogen-bond donors (Lipinski definition) is 0. The normalized spacial score (nSPS) is 27.0. The molecule has 0 spiro atoms. The maximum atomic E-state index is 5.41. The SMILES string of the molecule is c1cc(CN2CCN3CCCC[C@@H]3C2)nc(N2CCOCC2)n1. The highest BCUT2D eigenvalue weighted by Gasteiger charge is 2.29. The Kier molecular flexibility index (Phi) is 4.73. The minimum absolute atomic E-state index is 0.762. The molecule has 1 aromatic rings.